The molecular formula is C15H24N2O. The van der Waals surface area contributed by atoms with Crippen LogP contribution in [0.1, 0.15) is 36.8 Å². The molecule has 0 spiro atoms. The Kier molecular flexibility index (Phi) is 3.20. The Hall–Kier alpha value is -0.800. The van der Waals surface area contributed by atoms with Crippen molar-refractivity contribution >= 4 is 0 Å². The zero-order valence-corrected chi connectivity index (χ0v) is 11.8. The van der Waals surface area contributed by atoms with E-state index in [1.54, 1.807) is 0 Å². The summed E-state index contributed by atoms with van der Waals surface area (Å²) in [7, 11) is 0. The highest BCUT2D eigenvalue weighted by Crippen LogP contribution is 2.26. The zero-order valence-electron chi connectivity index (χ0n) is 11.8. The van der Waals surface area contributed by atoms with Crippen molar-refractivity contribution in [3.63, 3.8) is 0 Å². The monoisotopic (exact) mass is 248 g/mol. The van der Waals surface area contributed by atoms with E-state index < -0.39 is 0 Å². The summed E-state index contributed by atoms with van der Waals surface area (Å²) >= 11 is 0. The van der Waals surface area contributed by atoms with Gasteiger partial charge < -0.3 is 4.42 Å². The first-order valence-corrected chi connectivity index (χ1v) is 7.17. The fourth-order valence-corrected chi connectivity index (χ4v) is 3.40. The van der Waals surface area contributed by atoms with Crippen LogP contribution < -0.4 is 0 Å². The van der Waals surface area contributed by atoms with Gasteiger partial charge in [0.2, 0.25) is 0 Å². The maximum atomic E-state index is 5.82. The normalized spacial score (nSPS) is 29.7. The van der Waals surface area contributed by atoms with E-state index in [2.05, 4.69) is 36.6 Å². The van der Waals surface area contributed by atoms with Crippen molar-refractivity contribution in [3.05, 3.63) is 23.2 Å². The van der Waals surface area contributed by atoms with Crippen molar-refractivity contribution in [2.75, 3.05) is 19.6 Å². The molecule has 100 valence electrons. The number of aryl methyl sites for hydroxylation is 2. The lowest BCUT2D eigenvalue weighted by Crippen LogP contribution is -2.54. The Balaban J connectivity index is 1.68. The van der Waals surface area contributed by atoms with Crippen LogP contribution in [0.5, 0.6) is 0 Å². The van der Waals surface area contributed by atoms with Crippen LogP contribution in [0, 0.1) is 13.8 Å². The minimum absolute atomic E-state index is 0.644. The van der Waals surface area contributed by atoms with Crippen LogP contribution in [0.3, 0.4) is 0 Å². The van der Waals surface area contributed by atoms with Gasteiger partial charge in [-0.3, -0.25) is 9.80 Å². The second kappa shape index (κ2) is 4.71. The third-order valence-corrected chi connectivity index (χ3v) is 4.64. The van der Waals surface area contributed by atoms with Gasteiger partial charge in [0.05, 0.1) is 6.54 Å². The molecule has 18 heavy (non-hydrogen) atoms. The molecule has 2 atom stereocenters. The largest absolute Gasteiger partial charge is 0.465 e. The molecule has 2 fully saturated rings. The Bertz CT molecular complexity index is 407. The van der Waals surface area contributed by atoms with Gasteiger partial charge in [0.1, 0.15) is 11.5 Å². The quantitative estimate of drug-likeness (QED) is 0.802. The van der Waals surface area contributed by atoms with Gasteiger partial charge in [-0.1, -0.05) is 0 Å². The predicted octanol–water partition coefficient (Wildman–Crippen LogP) is 2.56. The van der Waals surface area contributed by atoms with E-state index in [1.165, 1.54) is 38.0 Å². The number of nitrogens with zero attached hydrogens (tertiary/aromatic N) is 2. The van der Waals surface area contributed by atoms with Crippen molar-refractivity contribution in [1.82, 2.24) is 9.80 Å². The average Bonchev–Trinajstić information content (AvgIpc) is 2.87. The molecule has 0 N–H and O–H groups in total. The van der Waals surface area contributed by atoms with E-state index in [0.717, 1.165) is 24.1 Å². The fraction of sp³-hybridized carbons (Fsp3) is 0.733. The van der Waals surface area contributed by atoms with Crippen LogP contribution in [0.4, 0.5) is 0 Å². The molecule has 0 bridgehead atoms. The fourth-order valence-electron chi connectivity index (χ4n) is 3.40. The van der Waals surface area contributed by atoms with Gasteiger partial charge in [0, 0.05) is 25.2 Å². The van der Waals surface area contributed by atoms with Crippen molar-refractivity contribution in [1.29, 1.82) is 0 Å². The van der Waals surface area contributed by atoms with E-state index in [1.807, 2.05) is 0 Å². The highest BCUT2D eigenvalue weighted by atomic mass is 16.3. The Labute approximate surface area is 110 Å². The van der Waals surface area contributed by atoms with Gasteiger partial charge in [-0.2, -0.15) is 0 Å². The Morgan fingerprint density at radius 2 is 2.17 bits per heavy atom. The van der Waals surface area contributed by atoms with Crippen LogP contribution >= 0.6 is 0 Å². The summed E-state index contributed by atoms with van der Waals surface area (Å²) in [6, 6.07) is 3.63. The van der Waals surface area contributed by atoms with Crippen LogP contribution in [-0.4, -0.2) is 41.5 Å². The number of fused-ring (bicyclic) bond motifs is 1. The molecule has 0 unspecified atom stereocenters. The minimum atomic E-state index is 0.644. The third-order valence-electron chi connectivity index (χ3n) is 4.64. The maximum absolute atomic E-state index is 5.82. The summed E-state index contributed by atoms with van der Waals surface area (Å²) in [6.45, 7) is 11.2. The molecule has 2 saturated heterocycles. The Morgan fingerprint density at radius 1 is 1.33 bits per heavy atom. The lowest BCUT2D eigenvalue weighted by molar-refractivity contribution is 0.0492. The lowest BCUT2D eigenvalue weighted by atomic mass is 10.1. The molecule has 0 radical (unpaired) electrons. The molecule has 0 aromatic carbocycles. The molecule has 0 saturated carbocycles. The first kappa shape index (κ1) is 12.2. The summed E-state index contributed by atoms with van der Waals surface area (Å²) < 4.78 is 5.82. The van der Waals surface area contributed by atoms with Gasteiger partial charge in [0.25, 0.3) is 0 Å². The third kappa shape index (κ3) is 2.21. The van der Waals surface area contributed by atoms with Crippen molar-refractivity contribution < 1.29 is 4.42 Å². The molecule has 2 aliphatic heterocycles. The van der Waals surface area contributed by atoms with Gasteiger partial charge in [-0.15, -0.1) is 0 Å². The van der Waals surface area contributed by atoms with Gasteiger partial charge in [0.15, 0.2) is 0 Å². The van der Waals surface area contributed by atoms with E-state index in [0.29, 0.717) is 6.04 Å². The van der Waals surface area contributed by atoms with Crippen LogP contribution in [-0.2, 0) is 6.54 Å². The molecule has 3 heteroatoms. The van der Waals surface area contributed by atoms with E-state index in [9.17, 15) is 0 Å². The number of rotatable bonds is 2. The molecule has 1 aromatic rings. The van der Waals surface area contributed by atoms with Crippen molar-refractivity contribution in [3.8, 4) is 0 Å². The van der Waals surface area contributed by atoms with Gasteiger partial charge in [-0.25, -0.2) is 0 Å². The molecule has 0 amide bonds. The summed E-state index contributed by atoms with van der Waals surface area (Å²) in [5, 5.41) is 0. The summed E-state index contributed by atoms with van der Waals surface area (Å²) in [4.78, 5) is 5.25. The number of hydrogen-bond acceptors (Lipinski definition) is 3. The summed E-state index contributed by atoms with van der Waals surface area (Å²) in [6.07, 6.45) is 2.75. The predicted molar refractivity (Wildman–Crippen MR) is 72.6 cm³/mol. The first-order chi connectivity index (χ1) is 8.63. The Morgan fingerprint density at radius 3 is 2.89 bits per heavy atom. The van der Waals surface area contributed by atoms with Crippen LogP contribution in [0.15, 0.2) is 10.5 Å². The molecule has 3 nitrogen and oxygen atoms in total. The van der Waals surface area contributed by atoms with E-state index in [4.69, 9.17) is 4.42 Å². The molecule has 0 aliphatic carbocycles. The molecular weight excluding hydrogens is 224 g/mol. The van der Waals surface area contributed by atoms with Gasteiger partial charge in [-0.05, 0) is 51.8 Å². The van der Waals surface area contributed by atoms with Crippen LogP contribution in [0.2, 0.25) is 0 Å². The molecule has 1 aromatic heterocycles. The first-order valence-electron chi connectivity index (χ1n) is 7.17. The molecule has 2 aliphatic rings. The maximum Gasteiger partial charge on any atom is 0.118 e. The van der Waals surface area contributed by atoms with Crippen molar-refractivity contribution in [2.24, 2.45) is 0 Å². The van der Waals surface area contributed by atoms with E-state index in [-0.39, 0.29) is 0 Å². The highest BCUT2D eigenvalue weighted by Gasteiger charge is 2.34. The molecule has 3 rings (SSSR count). The summed E-state index contributed by atoms with van der Waals surface area (Å²) in [5.41, 5.74) is 1.28. The lowest BCUT2D eigenvalue weighted by Gasteiger charge is -2.41. The number of piperazine rings is 1. The molecule has 3 heterocycles. The number of furan rings is 1. The smallest absolute Gasteiger partial charge is 0.118 e. The average molecular weight is 248 g/mol. The topological polar surface area (TPSA) is 19.6 Å². The second-order valence-corrected chi connectivity index (χ2v) is 6.02. The summed E-state index contributed by atoms with van der Waals surface area (Å²) in [5.74, 6) is 2.19. The second-order valence-electron chi connectivity index (χ2n) is 6.02. The van der Waals surface area contributed by atoms with Gasteiger partial charge >= 0.3 is 0 Å². The highest BCUT2D eigenvalue weighted by molar-refractivity contribution is 5.18. The minimum Gasteiger partial charge on any atom is -0.465 e. The SMILES string of the molecule is Cc1cc(CN2C[C@@H]3CCCN3C[C@@H]2C)oc1C. The van der Waals surface area contributed by atoms with Crippen LogP contribution in [0.25, 0.3) is 0 Å². The standard InChI is InChI=1S/C15H24N2O/c1-11-7-15(18-13(11)3)10-17-9-14-5-4-6-16(14)8-12(17)2/h7,12,14H,4-6,8-10H2,1-3H3/t12-,14-/m0/s1. The van der Waals surface area contributed by atoms with E-state index >= 15 is 0 Å². The van der Waals surface area contributed by atoms with Crippen molar-refractivity contribution in [2.45, 2.75) is 52.2 Å². The number of hydrogen-bond donors (Lipinski definition) is 0. The zero-order chi connectivity index (χ0) is 12.7.